The number of halogens is 1. The van der Waals surface area contributed by atoms with Gasteiger partial charge in [-0.1, -0.05) is 11.2 Å². The molecule has 94 valence electrons. The summed E-state index contributed by atoms with van der Waals surface area (Å²) < 4.78 is 13.5. The third-order valence-electron chi connectivity index (χ3n) is 4.31. The second kappa shape index (κ2) is 3.46. The number of oxime groups is 1. The van der Waals surface area contributed by atoms with Gasteiger partial charge in [-0.15, -0.1) is 0 Å². The molecule has 0 aromatic heterocycles. The Labute approximate surface area is 105 Å². The molecule has 0 N–H and O–H groups in total. The maximum absolute atomic E-state index is 13.5. The van der Waals surface area contributed by atoms with Crippen molar-refractivity contribution in [2.75, 3.05) is 6.54 Å². The highest BCUT2D eigenvalue weighted by Gasteiger charge is 2.52. The van der Waals surface area contributed by atoms with Crippen LogP contribution >= 0.6 is 0 Å². The number of benzene rings is 1. The average molecular weight is 246 g/mol. The zero-order chi connectivity index (χ0) is 12.2. The van der Waals surface area contributed by atoms with Gasteiger partial charge in [0.25, 0.3) is 0 Å². The van der Waals surface area contributed by atoms with E-state index in [1.807, 2.05) is 6.07 Å². The summed E-state index contributed by atoms with van der Waals surface area (Å²) in [5.74, 6) is 0.849. The third-order valence-corrected chi connectivity index (χ3v) is 4.31. The van der Waals surface area contributed by atoms with E-state index in [1.165, 1.54) is 18.1 Å². The molecule has 3 nitrogen and oxygen atoms in total. The van der Waals surface area contributed by atoms with Gasteiger partial charge in [-0.05, 0) is 37.0 Å². The number of amidine groups is 1. The molecular weight excluding hydrogens is 231 g/mol. The van der Waals surface area contributed by atoms with Crippen molar-refractivity contribution in [1.82, 2.24) is 4.90 Å². The minimum atomic E-state index is -0.507. The van der Waals surface area contributed by atoms with Gasteiger partial charge in [0.15, 0.2) is 0 Å². The van der Waals surface area contributed by atoms with Gasteiger partial charge in [-0.3, -0.25) is 0 Å². The highest BCUT2D eigenvalue weighted by atomic mass is 19.1. The van der Waals surface area contributed by atoms with Crippen LogP contribution in [-0.2, 0) is 17.0 Å². The van der Waals surface area contributed by atoms with E-state index in [1.54, 1.807) is 6.07 Å². The largest absolute Gasteiger partial charge is 0.360 e. The number of nitrogens with zero attached hydrogens (tertiary/aromatic N) is 2. The van der Waals surface area contributed by atoms with E-state index < -0.39 is 5.72 Å². The molecule has 1 unspecified atom stereocenters. The molecule has 2 heterocycles. The number of hydrogen-bond acceptors (Lipinski definition) is 3. The summed E-state index contributed by atoms with van der Waals surface area (Å²) in [6.45, 7) is 0.967. The number of aryl methyl sites for hydroxylation is 1. The third kappa shape index (κ3) is 1.21. The van der Waals surface area contributed by atoms with E-state index in [0.29, 0.717) is 0 Å². The van der Waals surface area contributed by atoms with Crippen LogP contribution in [0.2, 0.25) is 0 Å². The van der Waals surface area contributed by atoms with Gasteiger partial charge < -0.3 is 9.74 Å². The fraction of sp³-hybridized carbons (Fsp3) is 0.500. The Morgan fingerprint density at radius 2 is 2.22 bits per heavy atom. The summed E-state index contributed by atoms with van der Waals surface area (Å²) in [4.78, 5) is 8.03. The molecular formula is C14H15FN2O. The van der Waals surface area contributed by atoms with Gasteiger partial charge >= 0.3 is 0 Å². The van der Waals surface area contributed by atoms with Crippen LogP contribution in [0.5, 0.6) is 0 Å². The first-order chi connectivity index (χ1) is 8.79. The molecule has 1 aromatic rings. The first-order valence-corrected chi connectivity index (χ1v) is 6.61. The summed E-state index contributed by atoms with van der Waals surface area (Å²) in [5, 5.41) is 4.24. The summed E-state index contributed by atoms with van der Waals surface area (Å²) >= 11 is 0. The smallest absolute Gasteiger partial charge is 0.237 e. The van der Waals surface area contributed by atoms with Crippen molar-refractivity contribution >= 4 is 5.84 Å². The molecule has 18 heavy (non-hydrogen) atoms. The molecule has 1 saturated heterocycles. The van der Waals surface area contributed by atoms with Crippen molar-refractivity contribution in [3.63, 3.8) is 0 Å². The summed E-state index contributed by atoms with van der Waals surface area (Å²) in [6.07, 6.45) is 5.12. The maximum atomic E-state index is 13.5. The predicted molar refractivity (Wildman–Crippen MR) is 65.5 cm³/mol. The van der Waals surface area contributed by atoms with Gasteiger partial charge in [0.05, 0.1) is 0 Å². The molecule has 2 aliphatic heterocycles. The van der Waals surface area contributed by atoms with Crippen LogP contribution in [0.15, 0.2) is 23.4 Å². The molecule has 0 amide bonds. The standard InChI is InChI=1S/C14H15FN2O/c15-11-5-4-10-6-7-14(12(10)9-11)17-8-2-1-3-13(17)16-18-14/h4-5,9H,1-3,6-8H2. The van der Waals surface area contributed by atoms with E-state index in [0.717, 1.165) is 43.6 Å². The molecule has 4 rings (SSSR count). The van der Waals surface area contributed by atoms with Crippen molar-refractivity contribution in [3.8, 4) is 0 Å². The Morgan fingerprint density at radius 3 is 3.17 bits per heavy atom. The van der Waals surface area contributed by atoms with Crippen LogP contribution in [0.3, 0.4) is 0 Å². The van der Waals surface area contributed by atoms with E-state index >= 15 is 0 Å². The van der Waals surface area contributed by atoms with E-state index in [-0.39, 0.29) is 5.82 Å². The monoisotopic (exact) mass is 246 g/mol. The molecule has 1 atom stereocenters. The fourth-order valence-electron chi connectivity index (χ4n) is 3.42. The summed E-state index contributed by atoms with van der Waals surface area (Å²) in [7, 11) is 0. The first kappa shape index (κ1) is 10.4. The fourth-order valence-corrected chi connectivity index (χ4v) is 3.42. The van der Waals surface area contributed by atoms with Crippen molar-refractivity contribution in [1.29, 1.82) is 0 Å². The van der Waals surface area contributed by atoms with Gasteiger partial charge in [0.2, 0.25) is 5.72 Å². The Kier molecular flexibility index (Phi) is 1.99. The van der Waals surface area contributed by atoms with Gasteiger partial charge in [0.1, 0.15) is 11.7 Å². The van der Waals surface area contributed by atoms with Crippen LogP contribution in [-0.4, -0.2) is 17.3 Å². The molecule has 3 aliphatic rings. The Hall–Kier alpha value is -1.58. The van der Waals surface area contributed by atoms with Crippen molar-refractivity contribution < 1.29 is 9.23 Å². The zero-order valence-corrected chi connectivity index (χ0v) is 10.2. The molecule has 1 aromatic carbocycles. The minimum absolute atomic E-state index is 0.191. The van der Waals surface area contributed by atoms with E-state index in [4.69, 9.17) is 4.84 Å². The molecule has 0 bridgehead atoms. The van der Waals surface area contributed by atoms with Crippen molar-refractivity contribution in [2.24, 2.45) is 5.16 Å². The summed E-state index contributed by atoms with van der Waals surface area (Å²) in [6, 6.07) is 5.03. The lowest BCUT2D eigenvalue weighted by Crippen LogP contribution is -2.46. The van der Waals surface area contributed by atoms with Crippen LogP contribution in [0.1, 0.15) is 36.8 Å². The zero-order valence-electron chi connectivity index (χ0n) is 10.2. The first-order valence-electron chi connectivity index (χ1n) is 6.61. The number of rotatable bonds is 0. The molecule has 1 spiro atoms. The normalized spacial score (nSPS) is 28.9. The number of piperidine rings is 1. The lowest BCUT2D eigenvalue weighted by atomic mass is 9.99. The predicted octanol–water partition coefficient (Wildman–Crippen LogP) is 2.75. The number of hydrogen-bond donors (Lipinski definition) is 0. The maximum Gasteiger partial charge on any atom is 0.237 e. The highest BCUT2D eigenvalue weighted by molar-refractivity contribution is 5.84. The van der Waals surface area contributed by atoms with Crippen molar-refractivity contribution in [2.45, 2.75) is 37.8 Å². The van der Waals surface area contributed by atoms with Crippen LogP contribution in [0.4, 0.5) is 4.39 Å². The quantitative estimate of drug-likeness (QED) is 0.703. The second-order valence-corrected chi connectivity index (χ2v) is 5.29. The molecule has 1 aliphatic carbocycles. The van der Waals surface area contributed by atoms with E-state index in [2.05, 4.69) is 10.1 Å². The van der Waals surface area contributed by atoms with Gasteiger partial charge in [0, 0.05) is 24.9 Å². The molecule has 0 radical (unpaired) electrons. The summed E-state index contributed by atoms with van der Waals surface area (Å²) in [5.41, 5.74) is 1.66. The van der Waals surface area contributed by atoms with Gasteiger partial charge in [-0.2, -0.15) is 0 Å². The Morgan fingerprint density at radius 1 is 1.28 bits per heavy atom. The van der Waals surface area contributed by atoms with Gasteiger partial charge in [-0.25, -0.2) is 4.39 Å². The Balaban J connectivity index is 1.81. The lowest BCUT2D eigenvalue weighted by molar-refractivity contribution is -0.106. The molecule has 4 heteroatoms. The Bertz CT molecular complexity index is 543. The van der Waals surface area contributed by atoms with Crippen LogP contribution < -0.4 is 0 Å². The highest BCUT2D eigenvalue weighted by Crippen LogP contribution is 2.47. The van der Waals surface area contributed by atoms with Crippen molar-refractivity contribution in [3.05, 3.63) is 35.1 Å². The van der Waals surface area contributed by atoms with Crippen LogP contribution in [0.25, 0.3) is 0 Å². The number of fused-ring (bicyclic) bond motifs is 4. The van der Waals surface area contributed by atoms with E-state index in [9.17, 15) is 4.39 Å². The topological polar surface area (TPSA) is 24.8 Å². The van der Waals surface area contributed by atoms with Crippen LogP contribution in [0, 0.1) is 5.82 Å². The lowest BCUT2D eigenvalue weighted by Gasteiger charge is -2.37. The average Bonchev–Trinajstić information content (AvgIpc) is 2.95. The minimum Gasteiger partial charge on any atom is -0.360 e. The SMILES string of the molecule is Fc1ccc2c(c1)C1(CC2)ON=C2CCCCN21. The molecule has 0 saturated carbocycles. The second-order valence-electron chi connectivity index (χ2n) is 5.29. The molecule has 1 fully saturated rings.